The van der Waals surface area contributed by atoms with E-state index in [9.17, 15) is 22.2 Å². The summed E-state index contributed by atoms with van der Waals surface area (Å²) in [6, 6.07) is 15.3. The van der Waals surface area contributed by atoms with E-state index in [2.05, 4.69) is 20.9 Å². The molecular formula is C27H28F3N3O5S. The van der Waals surface area contributed by atoms with Gasteiger partial charge in [0.25, 0.3) is 0 Å². The van der Waals surface area contributed by atoms with Crippen molar-refractivity contribution in [3.05, 3.63) is 69.9 Å². The monoisotopic (exact) mass is 563 g/mol. The molecule has 2 N–H and O–H groups in total. The summed E-state index contributed by atoms with van der Waals surface area (Å²) in [6.07, 6.45) is -1.00. The molecule has 3 aromatic rings. The molecule has 0 amide bonds. The van der Waals surface area contributed by atoms with Gasteiger partial charge in [-0.2, -0.15) is 13.2 Å². The minimum absolute atomic E-state index is 0.0992. The summed E-state index contributed by atoms with van der Waals surface area (Å²) in [5.74, 6) is -1.97. The molecule has 2 aliphatic heterocycles. The van der Waals surface area contributed by atoms with E-state index < -0.39 is 22.9 Å². The summed E-state index contributed by atoms with van der Waals surface area (Å²) in [5, 5.41) is 9.91. The number of carboxylic acids is 1. The van der Waals surface area contributed by atoms with Crippen molar-refractivity contribution in [1.82, 2.24) is 9.88 Å². The Morgan fingerprint density at radius 1 is 1.05 bits per heavy atom. The number of carboxylic acid groups (broad SMARTS) is 1. The van der Waals surface area contributed by atoms with Crippen molar-refractivity contribution in [1.29, 1.82) is 0 Å². The number of anilines is 1. The predicted molar refractivity (Wildman–Crippen MR) is 144 cm³/mol. The van der Waals surface area contributed by atoms with E-state index in [-0.39, 0.29) is 5.56 Å². The van der Waals surface area contributed by atoms with E-state index in [0.717, 1.165) is 72.7 Å². The smallest absolute Gasteiger partial charge is 0.490 e. The molecule has 5 rings (SSSR count). The van der Waals surface area contributed by atoms with Crippen molar-refractivity contribution in [2.24, 2.45) is 0 Å². The summed E-state index contributed by atoms with van der Waals surface area (Å²) >= 11 is 0. The first-order valence-electron chi connectivity index (χ1n) is 12.4. The zero-order valence-electron chi connectivity index (χ0n) is 20.9. The van der Waals surface area contributed by atoms with Crippen molar-refractivity contribution in [2.45, 2.75) is 23.9 Å². The topological polar surface area (TPSA) is 103 Å². The average molecular weight is 564 g/mol. The third-order valence-electron chi connectivity index (χ3n) is 6.41. The highest BCUT2D eigenvalue weighted by Gasteiger charge is 2.38. The minimum Gasteiger partial charge on any atom is -0.494 e. The molecule has 2 aliphatic rings. The number of aromatic amines is 1. The van der Waals surface area contributed by atoms with Gasteiger partial charge in [0, 0.05) is 55.0 Å². The van der Waals surface area contributed by atoms with Crippen molar-refractivity contribution in [2.75, 3.05) is 44.2 Å². The Morgan fingerprint density at radius 2 is 1.77 bits per heavy atom. The van der Waals surface area contributed by atoms with Crippen LogP contribution >= 0.6 is 0 Å². The molecule has 0 aliphatic carbocycles. The van der Waals surface area contributed by atoms with Gasteiger partial charge in [0.2, 0.25) is 5.56 Å². The second-order valence-corrected chi connectivity index (χ2v) is 10.4. The van der Waals surface area contributed by atoms with E-state index in [4.69, 9.17) is 14.6 Å². The van der Waals surface area contributed by atoms with Crippen molar-refractivity contribution < 1.29 is 32.0 Å². The minimum atomic E-state index is -5.08. The molecule has 1 atom stereocenters. The largest absolute Gasteiger partial charge is 0.494 e. The summed E-state index contributed by atoms with van der Waals surface area (Å²) in [5.41, 5.74) is 3.03. The highest BCUT2D eigenvalue weighted by atomic mass is 32.2. The lowest BCUT2D eigenvalue weighted by atomic mass is 10.1. The Balaban J connectivity index is 0.000000448. The third kappa shape index (κ3) is 7.48. The summed E-state index contributed by atoms with van der Waals surface area (Å²) in [7, 11) is -0.993. The van der Waals surface area contributed by atoms with Crippen LogP contribution in [0, 0.1) is 0 Å². The number of nitrogens with one attached hydrogen (secondary N) is 1. The number of halogens is 3. The number of hydrogen-bond acceptors (Lipinski definition) is 6. The number of aromatic nitrogens is 1. The fourth-order valence-electron chi connectivity index (χ4n) is 4.41. The van der Waals surface area contributed by atoms with Crippen molar-refractivity contribution in [3.8, 4) is 5.75 Å². The predicted octanol–water partition coefficient (Wildman–Crippen LogP) is 4.23. The molecule has 3 heterocycles. The van der Waals surface area contributed by atoms with Gasteiger partial charge in [-0.05, 0) is 61.2 Å². The van der Waals surface area contributed by atoms with Crippen LogP contribution < -0.4 is 15.2 Å². The highest BCUT2D eigenvalue weighted by Crippen LogP contribution is 2.33. The van der Waals surface area contributed by atoms with Gasteiger partial charge in [0.15, 0.2) is 0 Å². The number of piperazine rings is 1. The normalized spacial score (nSPS) is 17.0. The molecular weight excluding hydrogens is 535 g/mol. The van der Waals surface area contributed by atoms with Crippen LogP contribution in [0.1, 0.15) is 18.4 Å². The number of alkyl halides is 3. The van der Waals surface area contributed by atoms with E-state index in [1.807, 2.05) is 42.5 Å². The van der Waals surface area contributed by atoms with Gasteiger partial charge in [0.05, 0.1) is 27.8 Å². The number of H-pyrrole nitrogens is 1. The molecule has 208 valence electrons. The third-order valence-corrected chi connectivity index (χ3v) is 7.58. The first kappa shape index (κ1) is 28.4. The number of hydrogen-bond donors (Lipinski definition) is 2. The Morgan fingerprint density at radius 3 is 2.49 bits per heavy atom. The Kier molecular flexibility index (Phi) is 9.08. The van der Waals surface area contributed by atoms with E-state index in [0.29, 0.717) is 6.61 Å². The van der Waals surface area contributed by atoms with Crippen LogP contribution in [0.4, 0.5) is 18.9 Å². The highest BCUT2D eigenvalue weighted by molar-refractivity contribution is 7.88. The lowest BCUT2D eigenvalue weighted by Crippen LogP contribution is -2.46. The van der Waals surface area contributed by atoms with Crippen LogP contribution in [0.2, 0.25) is 0 Å². The van der Waals surface area contributed by atoms with E-state index >= 15 is 0 Å². The number of nitrogens with zero attached hydrogens (tertiary/aromatic N) is 2. The fraction of sp³-hybridized carbons (Fsp3) is 0.333. The lowest BCUT2D eigenvalue weighted by molar-refractivity contribution is -0.192. The van der Waals surface area contributed by atoms with Gasteiger partial charge in [0.1, 0.15) is 5.75 Å². The quantitative estimate of drug-likeness (QED) is 0.415. The van der Waals surface area contributed by atoms with Crippen molar-refractivity contribution in [3.63, 3.8) is 0 Å². The number of unbranched alkanes of at least 4 members (excludes halogenated alkanes) is 1. The van der Waals surface area contributed by atoms with Gasteiger partial charge in [-0.25, -0.2) is 9.00 Å². The van der Waals surface area contributed by atoms with E-state index in [1.54, 1.807) is 5.41 Å². The summed E-state index contributed by atoms with van der Waals surface area (Å²) in [4.78, 5) is 29.1. The standard InChI is InChI=1S/C25H27N3O3S.C2HF3O2/c29-25-9-7-19-6-8-20(18-22(19)26-25)31-16-2-1-11-27-12-14-28(15-13-27)23-4-3-5-24-21(23)10-17-32(24)30;3-2(4,5)1(6)7/h3-10,17-18H,1-2,11-16H2,(H,26,29);(H,6,7). The maximum Gasteiger partial charge on any atom is 0.490 e. The maximum atomic E-state index is 12.1. The molecule has 1 unspecified atom stereocenters. The average Bonchev–Trinajstić information content (AvgIpc) is 3.29. The molecule has 0 saturated carbocycles. The van der Waals surface area contributed by atoms with Crippen LogP contribution in [0.15, 0.2) is 63.6 Å². The van der Waals surface area contributed by atoms with Crippen LogP contribution in [0.3, 0.4) is 0 Å². The van der Waals surface area contributed by atoms with Crippen molar-refractivity contribution >= 4 is 39.4 Å². The van der Waals surface area contributed by atoms with Gasteiger partial charge >= 0.3 is 12.1 Å². The number of pyridine rings is 1. The van der Waals surface area contributed by atoms with Crippen LogP contribution in [-0.4, -0.2) is 70.7 Å². The van der Waals surface area contributed by atoms with Gasteiger partial charge < -0.3 is 19.7 Å². The fourth-order valence-corrected chi connectivity index (χ4v) is 5.42. The zero-order chi connectivity index (χ0) is 28.0. The molecule has 8 nitrogen and oxygen atoms in total. The Hall–Kier alpha value is -3.64. The van der Waals surface area contributed by atoms with E-state index in [1.165, 1.54) is 11.8 Å². The summed E-state index contributed by atoms with van der Waals surface area (Å²) in [6.45, 7) is 5.79. The molecule has 1 fully saturated rings. The lowest BCUT2D eigenvalue weighted by Gasteiger charge is -2.36. The van der Waals surface area contributed by atoms with Gasteiger partial charge in [-0.1, -0.05) is 6.07 Å². The SMILES string of the molecule is O=C(O)C(F)(F)F.O=c1ccc2ccc(OCCCCN3CCN(c4cccc5c4C=CS5=O)CC3)cc2[nH]1. The van der Waals surface area contributed by atoms with Crippen LogP contribution in [0.25, 0.3) is 17.0 Å². The summed E-state index contributed by atoms with van der Waals surface area (Å²) < 4.78 is 49.7. The molecule has 0 spiro atoms. The molecule has 1 aromatic heterocycles. The number of ether oxygens (including phenoxy) is 1. The Labute approximate surface area is 225 Å². The first-order chi connectivity index (χ1) is 18.6. The molecule has 0 radical (unpaired) electrons. The zero-order valence-corrected chi connectivity index (χ0v) is 21.8. The number of benzene rings is 2. The second kappa shape index (κ2) is 12.5. The molecule has 1 saturated heterocycles. The molecule has 12 heteroatoms. The first-order valence-corrected chi connectivity index (χ1v) is 13.6. The van der Waals surface area contributed by atoms with Gasteiger partial charge in [-0.15, -0.1) is 0 Å². The number of aliphatic carboxylic acids is 1. The molecule has 0 bridgehead atoms. The van der Waals surface area contributed by atoms with Crippen LogP contribution in [0.5, 0.6) is 5.75 Å². The van der Waals surface area contributed by atoms with Crippen LogP contribution in [-0.2, 0) is 15.6 Å². The molecule has 2 aromatic carbocycles. The second-order valence-electron chi connectivity index (χ2n) is 9.05. The van der Waals surface area contributed by atoms with Gasteiger partial charge in [-0.3, -0.25) is 9.69 Å². The maximum absolute atomic E-state index is 12.1. The Bertz CT molecular complexity index is 1430. The molecule has 39 heavy (non-hydrogen) atoms. The number of rotatable bonds is 7. The number of fused-ring (bicyclic) bond motifs is 2. The number of carbonyl (C=O) groups is 1.